The van der Waals surface area contributed by atoms with Gasteiger partial charge in [-0.15, -0.1) is 0 Å². The topological polar surface area (TPSA) is 9.23 Å². The van der Waals surface area contributed by atoms with E-state index in [9.17, 15) is 13.2 Å². The Morgan fingerprint density at radius 1 is 1.17 bits per heavy atom. The summed E-state index contributed by atoms with van der Waals surface area (Å²) in [4.78, 5) is 0. The SMILES string of the molecule is CCCOc1ccc(C)c(C2CCC(/C=C/CC(F)(F)F)CC2)c1. The molecule has 1 aliphatic carbocycles. The Balaban J connectivity index is 1.92. The average Bonchev–Trinajstić information content (AvgIpc) is 2.54. The van der Waals surface area contributed by atoms with E-state index in [-0.39, 0.29) is 5.92 Å². The molecule has 0 aromatic heterocycles. The van der Waals surface area contributed by atoms with Crippen LogP contribution in [0, 0.1) is 12.8 Å². The molecule has 0 bridgehead atoms. The Labute approximate surface area is 142 Å². The third kappa shape index (κ3) is 5.88. The van der Waals surface area contributed by atoms with Crippen molar-refractivity contribution in [1.29, 1.82) is 0 Å². The Kier molecular flexibility index (Phi) is 6.76. The Morgan fingerprint density at radius 2 is 1.88 bits per heavy atom. The van der Waals surface area contributed by atoms with Crippen LogP contribution >= 0.6 is 0 Å². The van der Waals surface area contributed by atoms with Gasteiger partial charge in [-0.05, 0) is 74.1 Å². The molecule has 0 radical (unpaired) electrons. The Morgan fingerprint density at radius 3 is 2.50 bits per heavy atom. The maximum Gasteiger partial charge on any atom is 0.392 e. The van der Waals surface area contributed by atoms with Crippen molar-refractivity contribution in [2.75, 3.05) is 6.61 Å². The van der Waals surface area contributed by atoms with Gasteiger partial charge in [0.1, 0.15) is 5.75 Å². The first kappa shape index (κ1) is 18.9. The van der Waals surface area contributed by atoms with Crippen LogP contribution in [0.3, 0.4) is 0 Å². The summed E-state index contributed by atoms with van der Waals surface area (Å²) in [7, 11) is 0. The first-order valence-corrected chi connectivity index (χ1v) is 8.86. The van der Waals surface area contributed by atoms with Crippen LogP contribution in [0.2, 0.25) is 0 Å². The van der Waals surface area contributed by atoms with Gasteiger partial charge >= 0.3 is 6.18 Å². The lowest BCUT2D eigenvalue weighted by Crippen LogP contribution is -2.13. The molecule has 24 heavy (non-hydrogen) atoms. The Hall–Kier alpha value is -1.45. The molecule has 0 spiro atoms. The van der Waals surface area contributed by atoms with Crippen LogP contribution in [0.15, 0.2) is 30.4 Å². The number of allylic oxidation sites excluding steroid dienone is 2. The number of rotatable bonds is 6. The zero-order chi connectivity index (χ0) is 17.6. The molecule has 0 unspecified atom stereocenters. The highest BCUT2D eigenvalue weighted by atomic mass is 19.4. The van der Waals surface area contributed by atoms with Crippen molar-refractivity contribution >= 4 is 0 Å². The molecule has 2 rings (SSSR count). The van der Waals surface area contributed by atoms with Crippen molar-refractivity contribution in [1.82, 2.24) is 0 Å². The fourth-order valence-corrected chi connectivity index (χ4v) is 3.38. The van der Waals surface area contributed by atoms with Gasteiger partial charge in [-0.2, -0.15) is 13.2 Å². The molecule has 0 amide bonds. The van der Waals surface area contributed by atoms with Gasteiger partial charge in [-0.25, -0.2) is 0 Å². The highest BCUT2D eigenvalue weighted by Gasteiger charge is 2.26. The predicted octanol–water partition coefficient (Wildman–Crippen LogP) is 6.57. The summed E-state index contributed by atoms with van der Waals surface area (Å²) in [6, 6.07) is 6.27. The van der Waals surface area contributed by atoms with Gasteiger partial charge in [0.2, 0.25) is 0 Å². The number of ether oxygens (including phenoxy) is 1. The molecule has 0 saturated heterocycles. The molecule has 4 heteroatoms. The summed E-state index contributed by atoms with van der Waals surface area (Å²) in [5, 5.41) is 0. The highest BCUT2D eigenvalue weighted by molar-refractivity contribution is 5.37. The second-order valence-corrected chi connectivity index (χ2v) is 6.73. The van der Waals surface area contributed by atoms with Crippen LogP contribution in [-0.4, -0.2) is 12.8 Å². The van der Waals surface area contributed by atoms with Crippen molar-refractivity contribution in [3.63, 3.8) is 0 Å². The lowest BCUT2D eigenvalue weighted by Gasteiger charge is -2.28. The predicted molar refractivity (Wildman–Crippen MR) is 91.5 cm³/mol. The normalized spacial score (nSPS) is 22.0. The molecule has 1 aliphatic rings. The zero-order valence-electron chi connectivity index (χ0n) is 14.5. The first-order valence-electron chi connectivity index (χ1n) is 8.86. The lowest BCUT2D eigenvalue weighted by atomic mass is 9.77. The molecule has 134 valence electrons. The van der Waals surface area contributed by atoms with E-state index in [1.54, 1.807) is 6.08 Å². The third-order valence-electron chi connectivity index (χ3n) is 4.69. The first-order chi connectivity index (χ1) is 11.4. The van der Waals surface area contributed by atoms with E-state index in [0.717, 1.165) is 44.5 Å². The van der Waals surface area contributed by atoms with E-state index in [1.165, 1.54) is 17.2 Å². The van der Waals surface area contributed by atoms with E-state index >= 15 is 0 Å². The van der Waals surface area contributed by atoms with Crippen LogP contribution in [0.25, 0.3) is 0 Å². The van der Waals surface area contributed by atoms with E-state index in [4.69, 9.17) is 4.74 Å². The summed E-state index contributed by atoms with van der Waals surface area (Å²) < 4.78 is 42.3. The van der Waals surface area contributed by atoms with Gasteiger partial charge in [0, 0.05) is 0 Å². The molecule has 1 nitrogen and oxygen atoms in total. The maximum absolute atomic E-state index is 12.2. The van der Waals surface area contributed by atoms with Crippen molar-refractivity contribution in [2.45, 2.75) is 64.5 Å². The number of alkyl halides is 3. The zero-order valence-corrected chi connectivity index (χ0v) is 14.5. The highest BCUT2D eigenvalue weighted by Crippen LogP contribution is 2.39. The van der Waals surface area contributed by atoms with Crippen molar-refractivity contribution in [3.8, 4) is 5.75 Å². The molecule has 0 atom stereocenters. The molecule has 0 heterocycles. The monoisotopic (exact) mass is 340 g/mol. The quantitative estimate of drug-likeness (QED) is 0.532. The van der Waals surface area contributed by atoms with Crippen molar-refractivity contribution in [2.24, 2.45) is 5.92 Å². The number of aryl methyl sites for hydroxylation is 1. The largest absolute Gasteiger partial charge is 0.494 e. The van der Waals surface area contributed by atoms with Gasteiger partial charge in [-0.1, -0.05) is 25.1 Å². The van der Waals surface area contributed by atoms with E-state index in [2.05, 4.69) is 26.0 Å². The molecule has 1 saturated carbocycles. The lowest BCUT2D eigenvalue weighted by molar-refractivity contribution is -0.125. The minimum atomic E-state index is -4.09. The molecule has 1 aromatic carbocycles. The molecule has 0 aliphatic heterocycles. The summed E-state index contributed by atoms with van der Waals surface area (Å²) in [6.07, 6.45) is 3.09. The maximum atomic E-state index is 12.2. The van der Waals surface area contributed by atoms with Crippen molar-refractivity contribution < 1.29 is 17.9 Å². The third-order valence-corrected chi connectivity index (χ3v) is 4.69. The molecule has 0 N–H and O–H groups in total. The smallest absolute Gasteiger partial charge is 0.392 e. The van der Waals surface area contributed by atoms with Gasteiger partial charge in [0.15, 0.2) is 0 Å². The van der Waals surface area contributed by atoms with Crippen LogP contribution in [0.4, 0.5) is 13.2 Å². The Bertz CT molecular complexity index is 540. The molecule has 1 aromatic rings. The van der Waals surface area contributed by atoms with E-state index < -0.39 is 12.6 Å². The minimum Gasteiger partial charge on any atom is -0.494 e. The summed E-state index contributed by atoms with van der Waals surface area (Å²) in [6.45, 7) is 4.93. The summed E-state index contributed by atoms with van der Waals surface area (Å²) >= 11 is 0. The van der Waals surface area contributed by atoms with E-state index in [1.807, 2.05) is 6.07 Å². The van der Waals surface area contributed by atoms with Gasteiger partial charge in [0.05, 0.1) is 13.0 Å². The van der Waals surface area contributed by atoms with Crippen LogP contribution in [0.1, 0.15) is 62.5 Å². The standard InChI is InChI=1S/C20H27F3O/c1-3-13-24-18-11-6-15(2)19(14-18)17-9-7-16(8-10-17)5-4-12-20(21,22)23/h4-6,11,14,16-17H,3,7-10,12-13H2,1-2H3/b5-4+. The summed E-state index contributed by atoms with van der Waals surface area (Å²) in [5.74, 6) is 1.69. The molecular weight excluding hydrogens is 313 g/mol. The van der Waals surface area contributed by atoms with Crippen LogP contribution < -0.4 is 4.74 Å². The van der Waals surface area contributed by atoms with Crippen LogP contribution in [0.5, 0.6) is 5.75 Å². The van der Waals surface area contributed by atoms with E-state index in [0.29, 0.717) is 5.92 Å². The average molecular weight is 340 g/mol. The molecular formula is C20H27F3O. The number of hydrogen-bond donors (Lipinski definition) is 0. The van der Waals surface area contributed by atoms with Crippen LogP contribution in [-0.2, 0) is 0 Å². The van der Waals surface area contributed by atoms with Gasteiger partial charge in [-0.3, -0.25) is 0 Å². The number of benzene rings is 1. The van der Waals surface area contributed by atoms with Gasteiger partial charge < -0.3 is 4.74 Å². The number of hydrogen-bond acceptors (Lipinski definition) is 1. The minimum absolute atomic E-state index is 0.281. The second-order valence-electron chi connectivity index (χ2n) is 6.73. The van der Waals surface area contributed by atoms with Crippen molar-refractivity contribution in [3.05, 3.63) is 41.5 Å². The number of halogens is 3. The fraction of sp³-hybridized carbons (Fsp3) is 0.600. The second kappa shape index (κ2) is 8.59. The molecule has 1 fully saturated rings. The fourth-order valence-electron chi connectivity index (χ4n) is 3.38. The summed E-state index contributed by atoms with van der Waals surface area (Å²) in [5.41, 5.74) is 2.61. The van der Waals surface area contributed by atoms with Gasteiger partial charge in [0.25, 0.3) is 0 Å².